The van der Waals surface area contributed by atoms with Gasteiger partial charge < -0.3 is 4.57 Å². The molecule has 29 heavy (non-hydrogen) atoms. The van der Waals surface area contributed by atoms with Crippen molar-refractivity contribution in [3.8, 4) is 0 Å². The first kappa shape index (κ1) is 19.8. The maximum atomic E-state index is 13.4. The SMILES string of the molecule is CCCn1c(C)c(C)n2c3c(=O)n(Cc4ccc(Cl)c(Cl)c4)c(=O)n(C)c3nc12. The number of aryl methyl sites for hydroxylation is 3. The number of nitrogens with zero attached hydrogens (tertiary/aromatic N) is 5. The van der Waals surface area contributed by atoms with Crippen LogP contribution in [-0.2, 0) is 20.1 Å². The summed E-state index contributed by atoms with van der Waals surface area (Å²) in [6.45, 7) is 6.95. The largest absolute Gasteiger partial charge is 0.332 e. The Morgan fingerprint density at radius 2 is 1.76 bits per heavy atom. The predicted octanol–water partition coefficient (Wildman–Crippen LogP) is 3.53. The van der Waals surface area contributed by atoms with Crippen molar-refractivity contribution >= 4 is 40.1 Å². The minimum atomic E-state index is -0.425. The van der Waals surface area contributed by atoms with Gasteiger partial charge in [0, 0.05) is 25.0 Å². The molecule has 0 atom stereocenters. The first-order chi connectivity index (χ1) is 13.8. The highest BCUT2D eigenvalue weighted by Crippen LogP contribution is 2.23. The molecular formula is C20H21Cl2N5O2. The summed E-state index contributed by atoms with van der Waals surface area (Å²) in [6.07, 6.45) is 0.939. The molecule has 3 aromatic heterocycles. The zero-order valence-electron chi connectivity index (χ0n) is 16.7. The van der Waals surface area contributed by atoms with Gasteiger partial charge in [0.25, 0.3) is 5.56 Å². The maximum Gasteiger partial charge on any atom is 0.332 e. The number of hydrogen-bond acceptors (Lipinski definition) is 3. The first-order valence-corrected chi connectivity index (χ1v) is 10.1. The van der Waals surface area contributed by atoms with Crippen LogP contribution in [-0.4, -0.2) is 23.1 Å². The van der Waals surface area contributed by atoms with E-state index in [0.717, 1.165) is 29.9 Å². The molecule has 0 radical (unpaired) electrons. The Kier molecular flexibility index (Phi) is 4.83. The van der Waals surface area contributed by atoms with Crippen LogP contribution in [0.15, 0.2) is 27.8 Å². The highest BCUT2D eigenvalue weighted by atomic mass is 35.5. The fourth-order valence-electron chi connectivity index (χ4n) is 3.77. The average molecular weight is 434 g/mol. The quantitative estimate of drug-likeness (QED) is 0.494. The second-order valence-corrected chi connectivity index (χ2v) is 8.04. The lowest BCUT2D eigenvalue weighted by Gasteiger charge is -2.09. The summed E-state index contributed by atoms with van der Waals surface area (Å²) >= 11 is 12.1. The van der Waals surface area contributed by atoms with Gasteiger partial charge in [0.15, 0.2) is 11.2 Å². The third-order valence-electron chi connectivity index (χ3n) is 5.40. The minimum Gasteiger partial charge on any atom is -0.314 e. The standard InChI is InChI=1S/C20H21Cl2N5O2/c1-5-8-25-11(2)12(3)27-16-17(23-19(25)27)24(4)20(29)26(18(16)28)10-13-6-7-14(21)15(22)9-13/h6-7,9H,5,8,10H2,1-4H3. The van der Waals surface area contributed by atoms with E-state index in [9.17, 15) is 9.59 Å². The fraction of sp³-hybridized carbons (Fsp3) is 0.350. The lowest BCUT2D eigenvalue weighted by Crippen LogP contribution is -2.39. The molecule has 0 N–H and O–H groups in total. The van der Waals surface area contributed by atoms with E-state index in [0.29, 0.717) is 27.0 Å². The van der Waals surface area contributed by atoms with Gasteiger partial charge in [0.05, 0.1) is 16.6 Å². The van der Waals surface area contributed by atoms with Crippen molar-refractivity contribution in [2.24, 2.45) is 7.05 Å². The Balaban J connectivity index is 2.03. The Morgan fingerprint density at radius 1 is 1.03 bits per heavy atom. The number of hydrogen-bond donors (Lipinski definition) is 0. The zero-order chi connectivity index (χ0) is 21.0. The Bertz CT molecular complexity index is 1390. The van der Waals surface area contributed by atoms with Gasteiger partial charge >= 0.3 is 5.69 Å². The van der Waals surface area contributed by atoms with E-state index >= 15 is 0 Å². The third kappa shape index (κ3) is 2.91. The second-order valence-electron chi connectivity index (χ2n) is 7.22. The normalized spacial score (nSPS) is 11.8. The molecule has 7 nitrogen and oxygen atoms in total. The molecule has 0 aliphatic rings. The summed E-state index contributed by atoms with van der Waals surface area (Å²) in [4.78, 5) is 31.0. The van der Waals surface area contributed by atoms with E-state index in [2.05, 4.69) is 16.5 Å². The highest BCUT2D eigenvalue weighted by molar-refractivity contribution is 6.42. The number of benzene rings is 1. The van der Waals surface area contributed by atoms with E-state index in [1.54, 1.807) is 25.2 Å². The van der Waals surface area contributed by atoms with Gasteiger partial charge in [-0.25, -0.2) is 4.79 Å². The van der Waals surface area contributed by atoms with Crippen molar-refractivity contribution in [3.05, 3.63) is 66.0 Å². The Hall–Kier alpha value is -2.51. The molecule has 152 valence electrons. The van der Waals surface area contributed by atoms with Gasteiger partial charge in [0.1, 0.15) is 0 Å². The summed E-state index contributed by atoms with van der Waals surface area (Å²) in [5.41, 5.74) is 2.69. The number of halogens is 2. The molecule has 4 aromatic rings. The van der Waals surface area contributed by atoms with Gasteiger partial charge in [-0.3, -0.25) is 18.3 Å². The summed E-state index contributed by atoms with van der Waals surface area (Å²) in [7, 11) is 1.63. The number of imidazole rings is 2. The third-order valence-corrected chi connectivity index (χ3v) is 6.14. The van der Waals surface area contributed by atoms with Crippen molar-refractivity contribution in [1.29, 1.82) is 0 Å². The van der Waals surface area contributed by atoms with Gasteiger partial charge in [-0.1, -0.05) is 36.2 Å². The predicted molar refractivity (Wildman–Crippen MR) is 116 cm³/mol. The Morgan fingerprint density at radius 3 is 2.41 bits per heavy atom. The Labute approximate surface area is 176 Å². The molecule has 0 saturated heterocycles. The van der Waals surface area contributed by atoms with E-state index in [-0.39, 0.29) is 12.1 Å². The van der Waals surface area contributed by atoms with Crippen LogP contribution in [0.5, 0.6) is 0 Å². The zero-order valence-corrected chi connectivity index (χ0v) is 18.2. The van der Waals surface area contributed by atoms with Crippen LogP contribution in [0.3, 0.4) is 0 Å². The second kappa shape index (κ2) is 7.07. The van der Waals surface area contributed by atoms with Crippen molar-refractivity contribution in [2.75, 3.05) is 0 Å². The van der Waals surface area contributed by atoms with E-state index in [1.165, 1.54) is 9.13 Å². The van der Waals surface area contributed by atoms with Crippen LogP contribution in [0.4, 0.5) is 0 Å². The number of fused-ring (bicyclic) bond motifs is 3. The summed E-state index contributed by atoms with van der Waals surface area (Å²) in [6, 6.07) is 5.07. The van der Waals surface area contributed by atoms with Gasteiger partial charge in [0.2, 0.25) is 5.78 Å². The molecule has 0 spiro atoms. The molecule has 0 aliphatic carbocycles. The van der Waals surface area contributed by atoms with E-state index in [1.807, 2.05) is 18.2 Å². The molecule has 1 aromatic carbocycles. The summed E-state index contributed by atoms with van der Waals surface area (Å²) < 4.78 is 6.57. The van der Waals surface area contributed by atoms with Crippen LogP contribution in [0, 0.1) is 13.8 Å². The summed E-state index contributed by atoms with van der Waals surface area (Å²) in [5.74, 6) is 0.677. The van der Waals surface area contributed by atoms with Crippen molar-refractivity contribution in [3.63, 3.8) is 0 Å². The van der Waals surface area contributed by atoms with Crippen molar-refractivity contribution < 1.29 is 0 Å². The molecule has 0 saturated carbocycles. The molecule has 4 rings (SSSR count). The summed E-state index contributed by atoms with van der Waals surface area (Å²) in [5, 5.41) is 0.803. The van der Waals surface area contributed by atoms with Crippen molar-refractivity contribution in [2.45, 2.75) is 40.3 Å². The molecule has 9 heteroatoms. The lowest BCUT2D eigenvalue weighted by atomic mass is 10.2. The van der Waals surface area contributed by atoms with Crippen LogP contribution in [0.2, 0.25) is 10.0 Å². The first-order valence-electron chi connectivity index (χ1n) is 9.37. The minimum absolute atomic E-state index is 0.0965. The van der Waals surface area contributed by atoms with Crippen LogP contribution >= 0.6 is 23.2 Å². The monoisotopic (exact) mass is 433 g/mol. The fourth-order valence-corrected chi connectivity index (χ4v) is 4.09. The van der Waals surface area contributed by atoms with Crippen molar-refractivity contribution in [1.82, 2.24) is 23.1 Å². The molecule has 0 fully saturated rings. The smallest absolute Gasteiger partial charge is 0.314 e. The molecule has 3 heterocycles. The van der Waals surface area contributed by atoms with Crippen LogP contribution < -0.4 is 11.2 Å². The van der Waals surface area contributed by atoms with Crippen LogP contribution in [0.25, 0.3) is 16.9 Å². The van der Waals surface area contributed by atoms with Gasteiger partial charge in [-0.2, -0.15) is 4.98 Å². The van der Waals surface area contributed by atoms with Gasteiger partial charge in [-0.05, 0) is 38.0 Å². The highest BCUT2D eigenvalue weighted by Gasteiger charge is 2.22. The number of rotatable bonds is 4. The van der Waals surface area contributed by atoms with Gasteiger partial charge in [-0.15, -0.1) is 0 Å². The molecule has 0 bridgehead atoms. The van der Waals surface area contributed by atoms with E-state index in [4.69, 9.17) is 23.2 Å². The van der Waals surface area contributed by atoms with Crippen LogP contribution in [0.1, 0.15) is 30.3 Å². The molecule has 0 amide bonds. The molecule has 0 unspecified atom stereocenters. The molecule has 0 aliphatic heterocycles. The topological polar surface area (TPSA) is 66.2 Å². The lowest BCUT2D eigenvalue weighted by molar-refractivity contribution is 0.655. The molecular weight excluding hydrogens is 413 g/mol. The number of aromatic nitrogens is 5. The van der Waals surface area contributed by atoms with E-state index < -0.39 is 5.69 Å². The average Bonchev–Trinajstić information content (AvgIpc) is 3.18. The maximum absolute atomic E-state index is 13.4.